The zero-order valence-corrected chi connectivity index (χ0v) is 11.4. The lowest BCUT2D eigenvalue weighted by molar-refractivity contribution is 0.705. The predicted molar refractivity (Wildman–Crippen MR) is 71.6 cm³/mol. The number of aromatic nitrogens is 1. The first-order chi connectivity index (χ1) is 7.66. The predicted octanol–water partition coefficient (Wildman–Crippen LogP) is 3.46. The minimum absolute atomic E-state index is 0.0416. The molecule has 84 valence electrons. The molecule has 2 N–H and O–H groups in total. The summed E-state index contributed by atoms with van der Waals surface area (Å²) in [7, 11) is 0. The van der Waals surface area contributed by atoms with E-state index in [9.17, 15) is 0 Å². The molecule has 0 amide bonds. The zero-order valence-electron chi connectivity index (χ0n) is 8.98. The van der Waals surface area contributed by atoms with Crippen molar-refractivity contribution in [3.8, 4) is 0 Å². The highest BCUT2D eigenvalue weighted by Gasteiger charge is 2.11. The smallest absolute Gasteiger partial charge is 0.0423 e. The van der Waals surface area contributed by atoms with Gasteiger partial charge in [0.1, 0.15) is 0 Å². The third kappa shape index (κ3) is 2.70. The van der Waals surface area contributed by atoms with E-state index in [0.29, 0.717) is 0 Å². The van der Waals surface area contributed by atoms with Crippen LogP contribution >= 0.6 is 27.3 Å². The van der Waals surface area contributed by atoms with Crippen LogP contribution in [-0.2, 0) is 6.42 Å². The third-order valence-corrected chi connectivity index (χ3v) is 3.86. The van der Waals surface area contributed by atoms with Gasteiger partial charge >= 0.3 is 0 Å². The third-order valence-electron chi connectivity index (χ3n) is 2.51. The van der Waals surface area contributed by atoms with Crippen molar-refractivity contribution in [1.82, 2.24) is 4.98 Å². The Hall–Kier alpha value is -0.710. The maximum Gasteiger partial charge on any atom is 0.0423 e. The van der Waals surface area contributed by atoms with Crippen LogP contribution in [0.2, 0.25) is 0 Å². The van der Waals surface area contributed by atoms with Gasteiger partial charge in [0.05, 0.1) is 0 Å². The van der Waals surface area contributed by atoms with Gasteiger partial charge in [-0.25, -0.2) is 0 Å². The fourth-order valence-corrected chi connectivity index (χ4v) is 2.76. The molecule has 1 unspecified atom stereocenters. The summed E-state index contributed by atoms with van der Waals surface area (Å²) in [6.45, 7) is 2.10. The van der Waals surface area contributed by atoms with E-state index < -0.39 is 0 Å². The van der Waals surface area contributed by atoms with Gasteiger partial charge in [-0.2, -0.15) is 11.3 Å². The largest absolute Gasteiger partial charge is 0.324 e. The quantitative estimate of drug-likeness (QED) is 0.942. The van der Waals surface area contributed by atoms with Crippen LogP contribution in [0.15, 0.2) is 33.6 Å². The van der Waals surface area contributed by atoms with Crippen molar-refractivity contribution in [1.29, 1.82) is 0 Å². The van der Waals surface area contributed by atoms with Crippen molar-refractivity contribution in [2.75, 3.05) is 0 Å². The van der Waals surface area contributed by atoms with E-state index in [1.165, 1.54) is 11.1 Å². The highest BCUT2D eigenvalue weighted by Crippen LogP contribution is 2.22. The lowest BCUT2D eigenvalue weighted by Gasteiger charge is -2.10. The Morgan fingerprint density at radius 3 is 2.81 bits per heavy atom. The first kappa shape index (κ1) is 11.8. The molecule has 0 spiro atoms. The van der Waals surface area contributed by atoms with Crippen LogP contribution in [0.4, 0.5) is 0 Å². The average molecular weight is 297 g/mol. The van der Waals surface area contributed by atoms with E-state index in [1.54, 1.807) is 11.3 Å². The van der Waals surface area contributed by atoms with Crippen molar-refractivity contribution >= 4 is 27.3 Å². The van der Waals surface area contributed by atoms with Crippen LogP contribution in [0.3, 0.4) is 0 Å². The van der Waals surface area contributed by atoms with Gasteiger partial charge in [-0.3, -0.25) is 4.98 Å². The molecule has 0 radical (unpaired) electrons. The molecule has 2 rings (SSSR count). The molecule has 1 atom stereocenters. The van der Waals surface area contributed by atoms with Crippen LogP contribution in [0.1, 0.15) is 22.9 Å². The molecule has 0 aliphatic heterocycles. The summed E-state index contributed by atoms with van der Waals surface area (Å²) in [5, 5.41) is 4.25. The average Bonchev–Trinajstić information content (AvgIpc) is 2.68. The van der Waals surface area contributed by atoms with Crippen LogP contribution < -0.4 is 5.73 Å². The minimum atomic E-state index is 0.0416. The van der Waals surface area contributed by atoms with Gasteiger partial charge < -0.3 is 5.73 Å². The monoisotopic (exact) mass is 296 g/mol. The van der Waals surface area contributed by atoms with Crippen LogP contribution in [-0.4, -0.2) is 4.98 Å². The summed E-state index contributed by atoms with van der Waals surface area (Å²) in [6.07, 6.45) is 2.59. The molecule has 0 saturated heterocycles. The molecule has 0 bridgehead atoms. The molecule has 0 aliphatic rings. The number of aryl methyl sites for hydroxylation is 1. The summed E-state index contributed by atoms with van der Waals surface area (Å²) in [5.74, 6) is 0. The highest BCUT2D eigenvalue weighted by molar-refractivity contribution is 9.10. The number of hydrogen-bond donors (Lipinski definition) is 1. The molecule has 2 aromatic rings. The Labute approximate surface area is 108 Å². The number of nitrogens with two attached hydrogens (primary N) is 1. The van der Waals surface area contributed by atoms with E-state index in [2.05, 4.69) is 38.6 Å². The maximum absolute atomic E-state index is 6.17. The van der Waals surface area contributed by atoms with Gasteiger partial charge in [-0.1, -0.05) is 0 Å². The molecule has 16 heavy (non-hydrogen) atoms. The Balaban J connectivity index is 2.10. The second-order valence-electron chi connectivity index (χ2n) is 3.79. The summed E-state index contributed by atoms with van der Waals surface area (Å²) in [5.41, 5.74) is 9.70. The van der Waals surface area contributed by atoms with Crippen LogP contribution in [0, 0.1) is 6.92 Å². The Kier molecular flexibility index (Phi) is 3.74. The molecular formula is C12H13BrN2S. The Morgan fingerprint density at radius 2 is 2.25 bits per heavy atom. The van der Waals surface area contributed by atoms with Gasteiger partial charge in [0.15, 0.2) is 0 Å². The molecular weight excluding hydrogens is 284 g/mol. The van der Waals surface area contributed by atoms with E-state index in [-0.39, 0.29) is 6.04 Å². The molecule has 0 aromatic carbocycles. The Morgan fingerprint density at radius 1 is 1.44 bits per heavy atom. The molecule has 0 saturated carbocycles. The fourth-order valence-electron chi connectivity index (χ4n) is 1.61. The fraction of sp³-hybridized carbons (Fsp3) is 0.250. The summed E-state index contributed by atoms with van der Waals surface area (Å²) < 4.78 is 0.997. The molecule has 2 aromatic heterocycles. The van der Waals surface area contributed by atoms with Crippen LogP contribution in [0.25, 0.3) is 0 Å². The normalized spacial score (nSPS) is 12.7. The standard InChI is InChI=1S/C12H13BrN2S/c1-8-6-16-7-11(8)12(14)4-10-3-2-9(13)5-15-10/h2-3,5-7,12H,4,14H2,1H3. The van der Waals surface area contributed by atoms with Gasteiger partial charge in [-0.05, 0) is 56.9 Å². The van der Waals surface area contributed by atoms with Crippen LogP contribution in [0.5, 0.6) is 0 Å². The lowest BCUT2D eigenvalue weighted by atomic mass is 10.0. The number of pyridine rings is 1. The van der Waals surface area contributed by atoms with Crippen molar-refractivity contribution in [3.63, 3.8) is 0 Å². The second kappa shape index (κ2) is 5.08. The second-order valence-corrected chi connectivity index (χ2v) is 5.45. The van der Waals surface area contributed by atoms with Crippen molar-refractivity contribution in [2.45, 2.75) is 19.4 Å². The van der Waals surface area contributed by atoms with E-state index in [1.807, 2.05) is 18.3 Å². The van der Waals surface area contributed by atoms with E-state index >= 15 is 0 Å². The van der Waals surface area contributed by atoms with Crippen molar-refractivity contribution in [3.05, 3.63) is 50.4 Å². The summed E-state index contributed by atoms with van der Waals surface area (Å²) >= 11 is 5.07. The lowest BCUT2D eigenvalue weighted by Crippen LogP contribution is -2.14. The van der Waals surface area contributed by atoms with Gasteiger partial charge in [0.25, 0.3) is 0 Å². The SMILES string of the molecule is Cc1cscc1C(N)Cc1ccc(Br)cn1. The molecule has 0 fully saturated rings. The first-order valence-corrected chi connectivity index (χ1v) is 6.79. The Bertz CT molecular complexity index is 464. The molecule has 0 aliphatic carbocycles. The molecule has 2 nitrogen and oxygen atoms in total. The number of thiophene rings is 1. The molecule has 4 heteroatoms. The zero-order chi connectivity index (χ0) is 11.5. The molecule has 2 heterocycles. The number of rotatable bonds is 3. The van der Waals surface area contributed by atoms with Crippen molar-refractivity contribution < 1.29 is 0 Å². The highest BCUT2D eigenvalue weighted by atomic mass is 79.9. The van der Waals surface area contributed by atoms with Gasteiger partial charge in [0.2, 0.25) is 0 Å². The van der Waals surface area contributed by atoms with Gasteiger partial charge in [-0.15, -0.1) is 0 Å². The van der Waals surface area contributed by atoms with Crippen molar-refractivity contribution in [2.24, 2.45) is 5.73 Å². The van der Waals surface area contributed by atoms with E-state index in [0.717, 1.165) is 16.6 Å². The first-order valence-electron chi connectivity index (χ1n) is 5.05. The topological polar surface area (TPSA) is 38.9 Å². The van der Waals surface area contributed by atoms with Gasteiger partial charge in [0, 0.05) is 28.8 Å². The summed E-state index contributed by atoms with van der Waals surface area (Å²) in [6, 6.07) is 4.04. The number of hydrogen-bond acceptors (Lipinski definition) is 3. The maximum atomic E-state index is 6.17. The van der Waals surface area contributed by atoms with E-state index in [4.69, 9.17) is 5.73 Å². The minimum Gasteiger partial charge on any atom is -0.324 e. The summed E-state index contributed by atoms with van der Waals surface area (Å²) in [4.78, 5) is 4.33. The number of halogens is 1. The number of nitrogens with zero attached hydrogens (tertiary/aromatic N) is 1.